The monoisotopic (exact) mass is 347 g/mol. The van der Waals surface area contributed by atoms with Gasteiger partial charge in [-0.25, -0.2) is 8.78 Å². The number of pyridine rings is 1. The Morgan fingerprint density at radius 1 is 1.32 bits per heavy atom. The van der Waals surface area contributed by atoms with Crippen molar-refractivity contribution < 1.29 is 18.4 Å². The molecule has 25 heavy (non-hydrogen) atoms. The number of nitriles is 1. The van der Waals surface area contributed by atoms with E-state index in [0.717, 1.165) is 41.8 Å². The fourth-order valence-electron chi connectivity index (χ4n) is 3.58. The molecule has 0 N–H and O–H groups in total. The summed E-state index contributed by atoms with van der Waals surface area (Å²) < 4.78 is 26.9. The Hall–Kier alpha value is -2.36. The van der Waals surface area contributed by atoms with Crippen LogP contribution in [0.5, 0.6) is 0 Å². The number of hydrogen-bond acceptors (Lipinski definition) is 4. The summed E-state index contributed by atoms with van der Waals surface area (Å²) in [6.45, 7) is -0.747. The lowest BCUT2D eigenvalue weighted by Crippen LogP contribution is -2.36. The molecule has 132 valence electrons. The van der Waals surface area contributed by atoms with E-state index < -0.39 is 30.8 Å². The molecule has 1 aromatic heterocycles. The molecular weight excluding hydrogens is 328 g/mol. The maximum atomic E-state index is 13.4. The SMILES string of the molecule is N#C[C@@H]1CC(F)(F)CN1C(=O)CCC(=O)c1ccnc2c1CCCC2. The molecule has 1 aromatic rings. The first-order valence-electron chi connectivity index (χ1n) is 8.48. The first-order valence-corrected chi connectivity index (χ1v) is 8.48. The fraction of sp³-hybridized carbons (Fsp3) is 0.556. The number of nitrogens with zero attached hydrogens (tertiary/aromatic N) is 3. The molecular formula is C18H19F2N3O2. The highest BCUT2D eigenvalue weighted by atomic mass is 19.3. The van der Waals surface area contributed by atoms with Gasteiger partial charge in [-0.05, 0) is 37.3 Å². The van der Waals surface area contributed by atoms with E-state index in [9.17, 15) is 18.4 Å². The maximum Gasteiger partial charge on any atom is 0.268 e. The zero-order valence-electron chi connectivity index (χ0n) is 13.8. The molecule has 7 heteroatoms. The molecule has 0 aromatic carbocycles. The highest BCUT2D eigenvalue weighted by Gasteiger charge is 2.47. The van der Waals surface area contributed by atoms with Crippen LogP contribution in [-0.4, -0.2) is 40.1 Å². The molecule has 2 aliphatic rings. The average Bonchev–Trinajstić information content (AvgIpc) is 2.93. The number of halogens is 2. The van der Waals surface area contributed by atoms with Crippen molar-refractivity contribution in [3.8, 4) is 6.07 Å². The zero-order chi connectivity index (χ0) is 18.0. The number of carbonyl (C=O) groups is 2. The molecule has 1 aliphatic heterocycles. The normalized spacial score (nSPS) is 21.5. The predicted octanol–water partition coefficient (Wildman–Crippen LogP) is 2.68. The van der Waals surface area contributed by atoms with Gasteiger partial charge in [0.2, 0.25) is 5.91 Å². The first kappa shape index (κ1) is 17.5. The van der Waals surface area contributed by atoms with Gasteiger partial charge in [0.15, 0.2) is 5.78 Å². The van der Waals surface area contributed by atoms with Gasteiger partial charge in [0.05, 0.1) is 12.6 Å². The highest BCUT2D eigenvalue weighted by molar-refractivity contribution is 5.99. The number of Topliss-reactive ketones (excluding diaryl/α,β-unsaturated/α-hetero) is 1. The number of amides is 1. The van der Waals surface area contributed by atoms with Gasteiger partial charge in [-0.1, -0.05) is 0 Å². The summed E-state index contributed by atoms with van der Waals surface area (Å²) >= 11 is 0. The quantitative estimate of drug-likeness (QED) is 0.785. The number of hydrogen-bond donors (Lipinski definition) is 0. The van der Waals surface area contributed by atoms with Crippen molar-refractivity contribution in [2.24, 2.45) is 0 Å². The third kappa shape index (κ3) is 3.68. The van der Waals surface area contributed by atoms with Crippen molar-refractivity contribution in [2.75, 3.05) is 6.54 Å². The molecule has 0 unspecified atom stereocenters. The van der Waals surface area contributed by atoms with Crippen LogP contribution < -0.4 is 0 Å². The molecule has 5 nitrogen and oxygen atoms in total. The molecule has 0 saturated carbocycles. The van der Waals surface area contributed by atoms with Crippen molar-refractivity contribution in [3.05, 3.63) is 29.1 Å². The van der Waals surface area contributed by atoms with Gasteiger partial charge < -0.3 is 4.90 Å². The van der Waals surface area contributed by atoms with Gasteiger partial charge in [-0.3, -0.25) is 14.6 Å². The van der Waals surface area contributed by atoms with E-state index in [1.165, 1.54) is 0 Å². The second-order valence-electron chi connectivity index (χ2n) is 6.64. The minimum absolute atomic E-state index is 0.0461. The maximum absolute atomic E-state index is 13.4. The van der Waals surface area contributed by atoms with E-state index in [-0.39, 0.29) is 18.6 Å². The van der Waals surface area contributed by atoms with Crippen LogP contribution in [0.15, 0.2) is 12.3 Å². The predicted molar refractivity (Wildman–Crippen MR) is 85.1 cm³/mol. The number of likely N-dealkylation sites (tertiary alicyclic amines) is 1. The lowest BCUT2D eigenvalue weighted by atomic mass is 9.90. The van der Waals surface area contributed by atoms with Crippen LogP contribution in [0.3, 0.4) is 0 Å². The Bertz CT molecular complexity index is 742. The summed E-state index contributed by atoms with van der Waals surface area (Å²) in [5.41, 5.74) is 2.47. The summed E-state index contributed by atoms with van der Waals surface area (Å²) in [7, 11) is 0. The van der Waals surface area contributed by atoms with E-state index in [1.807, 2.05) is 0 Å². The van der Waals surface area contributed by atoms with Gasteiger partial charge in [0, 0.05) is 36.7 Å². The molecule has 0 bridgehead atoms. The van der Waals surface area contributed by atoms with Gasteiger partial charge in [0.1, 0.15) is 6.04 Å². The van der Waals surface area contributed by atoms with Crippen molar-refractivity contribution >= 4 is 11.7 Å². The van der Waals surface area contributed by atoms with Crippen LogP contribution >= 0.6 is 0 Å². The lowest BCUT2D eigenvalue weighted by molar-refractivity contribution is -0.132. The van der Waals surface area contributed by atoms with Crippen LogP contribution in [0.1, 0.15) is 53.7 Å². The van der Waals surface area contributed by atoms with Gasteiger partial charge in [-0.2, -0.15) is 5.26 Å². The zero-order valence-corrected chi connectivity index (χ0v) is 13.8. The number of ketones is 1. The van der Waals surface area contributed by atoms with E-state index in [2.05, 4.69) is 4.98 Å². The molecule has 1 amide bonds. The fourth-order valence-corrected chi connectivity index (χ4v) is 3.58. The van der Waals surface area contributed by atoms with Crippen molar-refractivity contribution in [1.82, 2.24) is 9.88 Å². The summed E-state index contributed by atoms with van der Waals surface area (Å²) in [5, 5.41) is 8.95. The van der Waals surface area contributed by atoms with Crippen molar-refractivity contribution in [2.45, 2.75) is 56.9 Å². The van der Waals surface area contributed by atoms with Gasteiger partial charge in [0.25, 0.3) is 5.92 Å². The Morgan fingerprint density at radius 3 is 2.84 bits per heavy atom. The number of fused-ring (bicyclic) bond motifs is 1. The Balaban J connectivity index is 1.65. The molecule has 1 fully saturated rings. The second kappa shape index (κ2) is 6.87. The number of aromatic nitrogens is 1. The largest absolute Gasteiger partial charge is 0.320 e. The van der Waals surface area contributed by atoms with Gasteiger partial charge in [-0.15, -0.1) is 0 Å². The Labute approximate surface area is 144 Å². The van der Waals surface area contributed by atoms with Crippen molar-refractivity contribution in [3.63, 3.8) is 0 Å². The van der Waals surface area contributed by atoms with Crippen LogP contribution in [-0.2, 0) is 17.6 Å². The highest BCUT2D eigenvalue weighted by Crippen LogP contribution is 2.32. The molecule has 0 spiro atoms. The summed E-state index contributed by atoms with van der Waals surface area (Å²) in [4.78, 5) is 29.9. The van der Waals surface area contributed by atoms with E-state index >= 15 is 0 Å². The number of carbonyl (C=O) groups excluding carboxylic acids is 2. The number of rotatable bonds is 4. The van der Waals surface area contributed by atoms with Gasteiger partial charge >= 0.3 is 0 Å². The minimum atomic E-state index is -3.04. The van der Waals surface area contributed by atoms with Crippen LogP contribution in [0.25, 0.3) is 0 Å². The number of aryl methyl sites for hydroxylation is 1. The molecule has 1 aliphatic carbocycles. The van der Waals surface area contributed by atoms with Crippen LogP contribution in [0.4, 0.5) is 8.78 Å². The van der Waals surface area contributed by atoms with Crippen molar-refractivity contribution in [1.29, 1.82) is 5.26 Å². The van der Waals surface area contributed by atoms with E-state index in [1.54, 1.807) is 18.3 Å². The van der Waals surface area contributed by atoms with Crippen LogP contribution in [0, 0.1) is 11.3 Å². The Kier molecular flexibility index (Phi) is 4.80. The molecule has 2 heterocycles. The standard InChI is InChI=1S/C18H19F2N3O2/c19-18(20)9-12(10-21)23(11-18)17(25)6-5-16(24)14-7-8-22-15-4-2-1-3-13(14)15/h7-8,12H,1-6,9,11H2/t12-/m0/s1. The minimum Gasteiger partial charge on any atom is -0.320 e. The van der Waals surface area contributed by atoms with E-state index in [4.69, 9.17) is 5.26 Å². The number of alkyl halides is 2. The van der Waals surface area contributed by atoms with Crippen LogP contribution in [0.2, 0.25) is 0 Å². The second-order valence-corrected chi connectivity index (χ2v) is 6.64. The molecule has 1 atom stereocenters. The molecule has 3 rings (SSSR count). The molecule has 0 radical (unpaired) electrons. The smallest absolute Gasteiger partial charge is 0.268 e. The summed E-state index contributed by atoms with van der Waals surface area (Å²) in [6.07, 6.45) is 4.46. The third-order valence-electron chi connectivity index (χ3n) is 4.84. The third-order valence-corrected chi connectivity index (χ3v) is 4.84. The summed E-state index contributed by atoms with van der Waals surface area (Å²) in [5.74, 6) is -3.78. The molecule has 1 saturated heterocycles. The van der Waals surface area contributed by atoms with E-state index in [0.29, 0.717) is 5.56 Å². The topological polar surface area (TPSA) is 74.1 Å². The lowest BCUT2D eigenvalue weighted by Gasteiger charge is -2.20. The Morgan fingerprint density at radius 2 is 2.08 bits per heavy atom. The first-order chi connectivity index (χ1) is 11.9. The summed E-state index contributed by atoms with van der Waals surface area (Å²) in [6, 6.07) is 2.29. The average molecular weight is 347 g/mol.